The molecule has 0 aromatic carbocycles. The van der Waals surface area contributed by atoms with Crippen molar-refractivity contribution >= 4 is 11.5 Å². The van der Waals surface area contributed by atoms with E-state index in [0.717, 1.165) is 24.3 Å². The van der Waals surface area contributed by atoms with E-state index in [0.29, 0.717) is 0 Å². The number of nitrogen functional groups attached to an aromatic ring is 1. The van der Waals surface area contributed by atoms with Crippen LogP contribution in [0.2, 0.25) is 0 Å². The van der Waals surface area contributed by atoms with Gasteiger partial charge in [-0.05, 0) is 32.0 Å². The van der Waals surface area contributed by atoms with Crippen molar-refractivity contribution in [2.75, 3.05) is 38.1 Å². The molecule has 0 amide bonds. The fraction of sp³-hybridized carbons (Fsp3) is 0.538. The summed E-state index contributed by atoms with van der Waals surface area (Å²) >= 11 is 0. The molecule has 0 atom stereocenters. The number of hydrogen-bond acceptors (Lipinski definition) is 4. The van der Waals surface area contributed by atoms with E-state index >= 15 is 0 Å². The second kappa shape index (κ2) is 5.82. The minimum Gasteiger partial charge on any atom is -0.384 e. The summed E-state index contributed by atoms with van der Waals surface area (Å²) in [5.41, 5.74) is 7.28. The largest absolute Gasteiger partial charge is 0.384 e. The van der Waals surface area contributed by atoms with E-state index in [4.69, 9.17) is 11.1 Å². The second-order valence-corrected chi connectivity index (χ2v) is 4.78. The van der Waals surface area contributed by atoms with E-state index in [-0.39, 0.29) is 5.84 Å². The third kappa shape index (κ3) is 2.98. The van der Waals surface area contributed by atoms with Gasteiger partial charge in [-0.25, -0.2) is 0 Å². The summed E-state index contributed by atoms with van der Waals surface area (Å²) in [4.78, 5) is 8.72. The van der Waals surface area contributed by atoms with Crippen molar-refractivity contribution in [3.63, 3.8) is 0 Å². The van der Waals surface area contributed by atoms with Crippen LogP contribution in [0, 0.1) is 5.41 Å². The molecule has 1 aliphatic heterocycles. The zero-order chi connectivity index (χ0) is 13.0. The van der Waals surface area contributed by atoms with Gasteiger partial charge < -0.3 is 15.5 Å². The standard InChI is InChI=1S/C13H21N5/c1-17(8-9-18-6-2-3-7-18)12-10-16-5-4-11(12)13(14)15/h4-5,10H,2-3,6-9H2,1H3,(H3,14,15). The fourth-order valence-corrected chi connectivity index (χ4v) is 2.34. The van der Waals surface area contributed by atoms with Gasteiger partial charge in [-0.3, -0.25) is 10.4 Å². The van der Waals surface area contributed by atoms with Crippen LogP contribution < -0.4 is 10.6 Å². The number of hydrogen-bond donors (Lipinski definition) is 2. The highest BCUT2D eigenvalue weighted by atomic mass is 15.2. The topological polar surface area (TPSA) is 69.2 Å². The van der Waals surface area contributed by atoms with E-state index in [9.17, 15) is 0 Å². The van der Waals surface area contributed by atoms with Crippen molar-refractivity contribution in [3.05, 3.63) is 24.0 Å². The number of rotatable bonds is 5. The highest BCUT2D eigenvalue weighted by Crippen LogP contribution is 2.17. The Kier molecular flexibility index (Phi) is 4.15. The predicted molar refractivity (Wildman–Crippen MR) is 74.2 cm³/mol. The molecule has 5 heteroatoms. The van der Waals surface area contributed by atoms with Crippen LogP contribution >= 0.6 is 0 Å². The summed E-state index contributed by atoms with van der Waals surface area (Å²) < 4.78 is 0. The smallest absolute Gasteiger partial charge is 0.125 e. The molecule has 1 aromatic rings. The first-order valence-electron chi connectivity index (χ1n) is 6.40. The quantitative estimate of drug-likeness (QED) is 0.599. The van der Waals surface area contributed by atoms with Gasteiger partial charge in [0.1, 0.15) is 5.84 Å². The molecular formula is C13H21N5. The lowest BCUT2D eigenvalue weighted by Gasteiger charge is -2.24. The van der Waals surface area contributed by atoms with Crippen LogP contribution in [0.5, 0.6) is 0 Å². The zero-order valence-corrected chi connectivity index (χ0v) is 10.9. The number of anilines is 1. The first-order valence-corrected chi connectivity index (χ1v) is 6.40. The maximum absolute atomic E-state index is 7.58. The van der Waals surface area contributed by atoms with Crippen LogP contribution in [-0.2, 0) is 0 Å². The highest BCUT2D eigenvalue weighted by molar-refractivity contribution is 6.00. The molecule has 98 valence electrons. The number of likely N-dealkylation sites (tertiary alicyclic amines) is 1. The molecule has 0 saturated carbocycles. The molecule has 1 aliphatic rings. The van der Waals surface area contributed by atoms with E-state index in [1.165, 1.54) is 25.9 Å². The van der Waals surface area contributed by atoms with Crippen LogP contribution in [0.4, 0.5) is 5.69 Å². The van der Waals surface area contributed by atoms with Gasteiger partial charge in [0.15, 0.2) is 0 Å². The van der Waals surface area contributed by atoms with Crippen LogP contribution in [-0.4, -0.2) is 48.9 Å². The number of aromatic nitrogens is 1. The van der Waals surface area contributed by atoms with Gasteiger partial charge in [0, 0.05) is 31.9 Å². The van der Waals surface area contributed by atoms with Gasteiger partial charge in [0.05, 0.1) is 11.9 Å². The Morgan fingerprint density at radius 3 is 2.89 bits per heavy atom. The van der Waals surface area contributed by atoms with Crippen molar-refractivity contribution in [3.8, 4) is 0 Å². The van der Waals surface area contributed by atoms with Crippen molar-refractivity contribution in [1.82, 2.24) is 9.88 Å². The minimum absolute atomic E-state index is 0.0976. The predicted octanol–water partition coefficient (Wildman–Crippen LogP) is 0.898. The maximum atomic E-state index is 7.58. The lowest BCUT2D eigenvalue weighted by molar-refractivity contribution is 0.346. The average molecular weight is 247 g/mol. The molecule has 2 heterocycles. The molecule has 0 radical (unpaired) electrons. The van der Waals surface area contributed by atoms with Crippen molar-refractivity contribution in [2.24, 2.45) is 5.73 Å². The number of pyridine rings is 1. The SMILES string of the molecule is CN(CCN1CCCC1)c1cnccc1C(=N)N. The summed E-state index contributed by atoms with van der Waals surface area (Å²) in [6.07, 6.45) is 6.08. The number of amidine groups is 1. The summed E-state index contributed by atoms with van der Waals surface area (Å²) in [6, 6.07) is 1.80. The van der Waals surface area contributed by atoms with Crippen molar-refractivity contribution < 1.29 is 0 Å². The highest BCUT2D eigenvalue weighted by Gasteiger charge is 2.14. The van der Waals surface area contributed by atoms with Gasteiger partial charge in [-0.2, -0.15) is 0 Å². The maximum Gasteiger partial charge on any atom is 0.125 e. The summed E-state index contributed by atoms with van der Waals surface area (Å²) in [5, 5.41) is 7.58. The van der Waals surface area contributed by atoms with E-state index in [2.05, 4.69) is 14.8 Å². The molecule has 0 bridgehead atoms. The van der Waals surface area contributed by atoms with Gasteiger partial charge >= 0.3 is 0 Å². The molecule has 3 N–H and O–H groups in total. The number of nitrogens with two attached hydrogens (primary N) is 1. The Labute approximate surface area is 108 Å². The molecule has 5 nitrogen and oxygen atoms in total. The van der Waals surface area contributed by atoms with E-state index < -0.39 is 0 Å². The Bertz CT molecular complexity index is 412. The molecule has 2 rings (SSSR count). The van der Waals surface area contributed by atoms with Crippen LogP contribution in [0.1, 0.15) is 18.4 Å². The molecule has 0 spiro atoms. The first-order chi connectivity index (χ1) is 8.68. The summed E-state index contributed by atoms with van der Waals surface area (Å²) in [6.45, 7) is 4.41. The first kappa shape index (κ1) is 12.8. The third-order valence-electron chi connectivity index (χ3n) is 3.45. The number of likely N-dealkylation sites (N-methyl/N-ethyl adjacent to an activating group) is 1. The summed E-state index contributed by atoms with van der Waals surface area (Å²) in [7, 11) is 2.03. The van der Waals surface area contributed by atoms with Gasteiger partial charge in [0.25, 0.3) is 0 Å². The molecule has 1 saturated heterocycles. The van der Waals surface area contributed by atoms with E-state index in [1.807, 2.05) is 7.05 Å². The van der Waals surface area contributed by atoms with E-state index in [1.54, 1.807) is 18.5 Å². The Morgan fingerprint density at radius 1 is 1.50 bits per heavy atom. The van der Waals surface area contributed by atoms with Crippen LogP contribution in [0.25, 0.3) is 0 Å². The van der Waals surface area contributed by atoms with Gasteiger partial charge in [0.2, 0.25) is 0 Å². The average Bonchev–Trinajstić information content (AvgIpc) is 2.89. The molecule has 18 heavy (non-hydrogen) atoms. The monoisotopic (exact) mass is 247 g/mol. The minimum atomic E-state index is 0.0976. The van der Waals surface area contributed by atoms with Gasteiger partial charge in [-0.1, -0.05) is 0 Å². The number of nitrogens with one attached hydrogen (secondary N) is 1. The molecule has 1 fully saturated rings. The molecular weight excluding hydrogens is 226 g/mol. The lowest BCUT2D eigenvalue weighted by Crippen LogP contribution is -2.32. The van der Waals surface area contributed by atoms with Crippen LogP contribution in [0.15, 0.2) is 18.5 Å². The molecule has 0 aliphatic carbocycles. The third-order valence-corrected chi connectivity index (χ3v) is 3.45. The second-order valence-electron chi connectivity index (χ2n) is 4.78. The lowest BCUT2D eigenvalue weighted by atomic mass is 10.2. The van der Waals surface area contributed by atoms with Crippen molar-refractivity contribution in [1.29, 1.82) is 5.41 Å². The normalized spacial score (nSPS) is 15.8. The Morgan fingerprint density at radius 2 is 2.22 bits per heavy atom. The van der Waals surface area contributed by atoms with Crippen LogP contribution in [0.3, 0.4) is 0 Å². The Hall–Kier alpha value is -1.62. The molecule has 1 aromatic heterocycles. The summed E-state index contributed by atoms with van der Waals surface area (Å²) in [5.74, 6) is 0.0976. The number of nitrogens with zero attached hydrogens (tertiary/aromatic N) is 3. The van der Waals surface area contributed by atoms with Gasteiger partial charge in [-0.15, -0.1) is 0 Å². The zero-order valence-electron chi connectivity index (χ0n) is 10.9. The van der Waals surface area contributed by atoms with Crippen molar-refractivity contribution in [2.45, 2.75) is 12.8 Å². The Balaban J connectivity index is 1.99. The molecule has 0 unspecified atom stereocenters. The fourth-order valence-electron chi connectivity index (χ4n) is 2.34.